The molecule has 0 radical (unpaired) electrons. The second-order valence-electron chi connectivity index (χ2n) is 4.44. The van der Waals surface area contributed by atoms with Gasteiger partial charge in [-0.25, -0.2) is 4.98 Å². The molecule has 0 bridgehead atoms. The molecule has 0 saturated heterocycles. The van der Waals surface area contributed by atoms with Gasteiger partial charge in [-0.3, -0.25) is 0 Å². The minimum atomic E-state index is -0.166. The summed E-state index contributed by atoms with van der Waals surface area (Å²) in [6.07, 6.45) is 0.911. The largest absolute Gasteiger partial charge is 0.374 e. The molecule has 0 fully saturated rings. The predicted octanol–water partition coefficient (Wildman–Crippen LogP) is 2.40. The summed E-state index contributed by atoms with van der Waals surface area (Å²) in [5.41, 5.74) is 0.982. The summed E-state index contributed by atoms with van der Waals surface area (Å²) in [4.78, 5) is 4.50. The van der Waals surface area contributed by atoms with Gasteiger partial charge in [0.15, 0.2) is 0 Å². The van der Waals surface area contributed by atoms with Crippen LogP contribution in [0.2, 0.25) is 0 Å². The Bertz CT molecular complexity index is 323. The van der Waals surface area contributed by atoms with Gasteiger partial charge in [0, 0.05) is 24.4 Å². The van der Waals surface area contributed by atoms with Gasteiger partial charge in [-0.2, -0.15) is 0 Å². The topological polar surface area (TPSA) is 34.1 Å². The zero-order chi connectivity index (χ0) is 12.2. The fraction of sp³-hybridized carbons (Fsp3) is 0.750. The quantitative estimate of drug-likeness (QED) is 0.832. The molecular weight excluding hydrogens is 220 g/mol. The Morgan fingerprint density at radius 1 is 1.56 bits per heavy atom. The smallest absolute Gasteiger partial charge is 0.0897 e. The van der Waals surface area contributed by atoms with Crippen LogP contribution in [0.5, 0.6) is 0 Å². The van der Waals surface area contributed by atoms with Crippen LogP contribution in [-0.2, 0) is 11.2 Å². The highest BCUT2D eigenvalue weighted by Gasteiger charge is 2.29. The number of rotatable bonds is 6. The lowest BCUT2D eigenvalue weighted by Gasteiger charge is -2.33. The Labute approximate surface area is 102 Å². The highest BCUT2D eigenvalue weighted by molar-refractivity contribution is 7.09. The predicted molar refractivity (Wildman–Crippen MR) is 69.1 cm³/mol. The monoisotopic (exact) mass is 242 g/mol. The first-order valence-electron chi connectivity index (χ1n) is 5.71. The number of nitrogens with one attached hydrogen (secondary N) is 1. The van der Waals surface area contributed by atoms with Gasteiger partial charge in [-0.15, -0.1) is 11.3 Å². The Balaban J connectivity index is 2.68. The molecule has 1 rings (SSSR count). The van der Waals surface area contributed by atoms with Gasteiger partial charge in [-0.05, 0) is 34.7 Å². The second kappa shape index (κ2) is 5.75. The molecule has 4 heteroatoms. The molecule has 0 spiro atoms. The molecule has 3 nitrogen and oxygen atoms in total. The van der Waals surface area contributed by atoms with Crippen molar-refractivity contribution in [1.82, 2.24) is 10.3 Å². The van der Waals surface area contributed by atoms with Crippen LogP contribution in [0.3, 0.4) is 0 Å². The van der Waals surface area contributed by atoms with Crippen molar-refractivity contribution in [1.29, 1.82) is 0 Å². The van der Waals surface area contributed by atoms with Crippen molar-refractivity contribution in [3.05, 3.63) is 16.1 Å². The van der Waals surface area contributed by atoms with Crippen LogP contribution < -0.4 is 5.32 Å². The van der Waals surface area contributed by atoms with Crippen LogP contribution in [0, 0.1) is 6.92 Å². The zero-order valence-corrected chi connectivity index (χ0v) is 11.6. The summed E-state index contributed by atoms with van der Waals surface area (Å²) in [7, 11) is 1.98. The number of aryl methyl sites for hydroxylation is 1. The summed E-state index contributed by atoms with van der Waals surface area (Å²) in [6, 6.07) is 0.286. The van der Waals surface area contributed by atoms with Crippen LogP contribution in [0.25, 0.3) is 0 Å². The van der Waals surface area contributed by atoms with E-state index in [1.54, 1.807) is 11.3 Å². The van der Waals surface area contributed by atoms with Gasteiger partial charge in [0.25, 0.3) is 0 Å². The van der Waals surface area contributed by atoms with E-state index in [0.29, 0.717) is 0 Å². The van der Waals surface area contributed by atoms with Crippen LogP contribution >= 0.6 is 11.3 Å². The molecule has 0 aliphatic carbocycles. The van der Waals surface area contributed by atoms with E-state index in [0.717, 1.165) is 23.7 Å². The Hall–Kier alpha value is -0.450. The lowest BCUT2D eigenvalue weighted by Crippen LogP contribution is -2.48. The molecule has 16 heavy (non-hydrogen) atoms. The van der Waals surface area contributed by atoms with Crippen LogP contribution in [0.1, 0.15) is 31.5 Å². The molecule has 0 aliphatic rings. The fourth-order valence-corrected chi connectivity index (χ4v) is 2.50. The van der Waals surface area contributed by atoms with Crippen LogP contribution in [0.4, 0.5) is 0 Å². The second-order valence-corrected chi connectivity index (χ2v) is 5.50. The molecule has 0 aliphatic heterocycles. The first-order valence-corrected chi connectivity index (χ1v) is 6.59. The van der Waals surface area contributed by atoms with Crippen LogP contribution in [-0.4, -0.2) is 30.3 Å². The first-order chi connectivity index (χ1) is 7.49. The van der Waals surface area contributed by atoms with Crippen molar-refractivity contribution in [2.45, 2.75) is 45.8 Å². The van der Waals surface area contributed by atoms with E-state index < -0.39 is 0 Å². The minimum absolute atomic E-state index is 0.166. The van der Waals surface area contributed by atoms with E-state index in [2.05, 4.69) is 29.5 Å². The van der Waals surface area contributed by atoms with E-state index in [1.165, 1.54) is 0 Å². The first kappa shape index (κ1) is 13.6. The van der Waals surface area contributed by atoms with Gasteiger partial charge < -0.3 is 10.1 Å². The number of ether oxygens (including phenoxy) is 1. The van der Waals surface area contributed by atoms with E-state index >= 15 is 0 Å². The summed E-state index contributed by atoms with van der Waals surface area (Å²) in [5, 5.41) is 6.58. The van der Waals surface area contributed by atoms with Gasteiger partial charge in [0.2, 0.25) is 0 Å². The third kappa shape index (κ3) is 3.54. The maximum absolute atomic E-state index is 5.77. The van der Waals surface area contributed by atoms with Crippen LogP contribution in [0.15, 0.2) is 5.38 Å². The number of thiazole rings is 1. The fourth-order valence-electron chi connectivity index (χ4n) is 1.88. The number of hydrogen-bond acceptors (Lipinski definition) is 4. The zero-order valence-electron chi connectivity index (χ0n) is 10.8. The third-order valence-electron chi connectivity index (χ3n) is 2.78. The summed E-state index contributed by atoms with van der Waals surface area (Å²) in [5.74, 6) is 0. The number of aromatic nitrogens is 1. The SMILES string of the molecule is CCOC(C)(C)C(Cc1csc(C)n1)NC. The minimum Gasteiger partial charge on any atom is -0.374 e. The summed E-state index contributed by atoms with van der Waals surface area (Å²) >= 11 is 1.70. The normalized spacial score (nSPS) is 14.1. The number of likely N-dealkylation sites (N-methyl/N-ethyl adjacent to an activating group) is 1. The van der Waals surface area contributed by atoms with Crippen molar-refractivity contribution < 1.29 is 4.74 Å². The number of nitrogens with zero attached hydrogens (tertiary/aromatic N) is 1. The van der Waals surface area contributed by atoms with Crippen molar-refractivity contribution in [3.63, 3.8) is 0 Å². The van der Waals surface area contributed by atoms with E-state index in [4.69, 9.17) is 4.74 Å². The molecule has 1 aromatic heterocycles. The highest BCUT2D eigenvalue weighted by Crippen LogP contribution is 2.19. The molecule has 1 unspecified atom stereocenters. The molecular formula is C12H22N2OS. The van der Waals surface area contributed by atoms with Gasteiger partial charge in [-0.1, -0.05) is 0 Å². The van der Waals surface area contributed by atoms with Crippen molar-refractivity contribution in [3.8, 4) is 0 Å². The van der Waals surface area contributed by atoms with Crippen molar-refractivity contribution in [2.75, 3.05) is 13.7 Å². The van der Waals surface area contributed by atoms with Gasteiger partial charge in [0.1, 0.15) is 0 Å². The third-order valence-corrected chi connectivity index (χ3v) is 3.61. The Morgan fingerprint density at radius 3 is 2.69 bits per heavy atom. The summed E-state index contributed by atoms with van der Waals surface area (Å²) < 4.78 is 5.77. The van der Waals surface area contributed by atoms with Gasteiger partial charge >= 0.3 is 0 Å². The maximum Gasteiger partial charge on any atom is 0.0897 e. The summed E-state index contributed by atoms with van der Waals surface area (Å²) in [6.45, 7) is 9.05. The Morgan fingerprint density at radius 2 is 2.25 bits per heavy atom. The van der Waals surface area contributed by atoms with Crippen molar-refractivity contribution in [2.24, 2.45) is 0 Å². The Kier molecular flexibility index (Phi) is 4.89. The molecule has 0 amide bonds. The molecule has 0 saturated carbocycles. The van der Waals surface area contributed by atoms with Crippen molar-refractivity contribution >= 4 is 11.3 Å². The van der Waals surface area contributed by atoms with Gasteiger partial charge in [0.05, 0.1) is 16.3 Å². The standard InChI is InChI=1S/C12H22N2OS/c1-6-15-12(3,4)11(13-5)7-10-8-16-9(2)14-10/h8,11,13H,6-7H2,1-5H3. The molecule has 1 N–H and O–H groups in total. The molecule has 0 aromatic carbocycles. The highest BCUT2D eigenvalue weighted by atomic mass is 32.1. The average Bonchev–Trinajstić information content (AvgIpc) is 2.60. The average molecular weight is 242 g/mol. The number of hydrogen-bond donors (Lipinski definition) is 1. The van der Waals surface area contributed by atoms with E-state index in [-0.39, 0.29) is 11.6 Å². The molecule has 1 aromatic rings. The van der Waals surface area contributed by atoms with E-state index in [1.807, 2.05) is 20.9 Å². The maximum atomic E-state index is 5.77. The van der Waals surface area contributed by atoms with E-state index in [9.17, 15) is 0 Å². The molecule has 1 atom stereocenters. The molecule has 1 heterocycles. The lowest BCUT2D eigenvalue weighted by molar-refractivity contribution is -0.0365. The lowest BCUT2D eigenvalue weighted by atomic mass is 9.94. The molecule has 92 valence electrons.